The summed E-state index contributed by atoms with van der Waals surface area (Å²) < 4.78 is 35.1. The van der Waals surface area contributed by atoms with Crippen LogP contribution in [0.5, 0.6) is 5.75 Å². The number of Topliss-reactive ketones (excluding diaryl/α,β-unsaturated/α-hetero) is 1. The number of ketones is 1. The smallest absolute Gasteiger partial charge is 0.288 e. The first-order chi connectivity index (χ1) is 16.5. The van der Waals surface area contributed by atoms with E-state index < -0.39 is 45.0 Å². The number of carbonyl (C=O) groups excluding carboxylic acids is 3. The van der Waals surface area contributed by atoms with Gasteiger partial charge < -0.3 is 21.5 Å². The van der Waals surface area contributed by atoms with Gasteiger partial charge in [-0.05, 0) is 30.2 Å². The molecule has 1 atom stereocenters. The molecule has 35 heavy (non-hydrogen) atoms. The molecule has 2 aromatic rings. The van der Waals surface area contributed by atoms with Gasteiger partial charge in [-0.1, -0.05) is 26.0 Å². The number of rotatable bonds is 7. The molecular weight excluding hydrogens is 476 g/mol. The van der Waals surface area contributed by atoms with E-state index in [0.29, 0.717) is 12.2 Å². The monoisotopic (exact) mass is 500 g/mol. The quantitative estimate of drug-likeness (QED) is 0.313. The Kier molecular flexibility index (Phi) is 6.21. The number of anilines is 3. The molecule has 2 aromatic carbocycles. The predicted octanol–water partition coefficient (Wildman–Crippen LogP) is 0.652. The van der Waals surface area contributed by atoms with Gasteiger partial charge in [0.1, 0.15) is 16.5 Å². The van der Waals surface area contributed by atoms with Crippen molar-refractivity contribution in [1.82, 2.24) is 5.43 Å². The van der Waals surface area contributed by atoms with Crippen molar-refractivity contribution in [2.45, 2.75) is 18.7 Å². The molecule has 0 saturated heterocycles. The maximum atomic E-state index is 13.4. The summed E-state index contributed by atoms with van der Waals surface area (Å²) in [6, 6.07) is 9.23. The molecule has 6 N–H and O–H groups in total. The lowest BCUT2D eigenvalue weighted by Crippen LogP contribution is -2.56. The Balaban J connectivity index is 1.75. The molecule has 2 aliphatic heterocycles. The number of hydrazine groups is 1. The van der Waals surface area contributed by atoms with Crippen LogP contribution < -0.4 is 32.0 Å². The van der Waals surface area contributed by atoms with Gasteiger partial charge in [0, 0.05) is 12.1 Å². The van der Waals surface area contributed by atoms with Gasteiger partial charge in [0.25, 0.3) is 21.8 Å². The SMILES string of the molecule is CC(C)CNN1C(=O)C(C2=NS(=O)(=O)c3c(ccc(OCC(N)=O)c3N)N2)C(=O)c2ccccc21. The molecular formula is C22H24N6O6S. The van der Waals surface area contributed by atoms with Crippen molar-refractivity contribution in [2.75, 3.05) is 29.2 Å². The molecule has 0 aliphatic carbocycles. The molecule has 2 aliphatic rings. The second-order valence-electron chi connectivity index (χ2n) is 8.43. The van der Waals surface area contributed by atoms with Crippen molar-refractivity contribution < 1.29 is 27.5 Å². The number of hydrogen-bond acceptors (Lipinski definition) is 9. The molecule has 1 unspecified atom stereocenters. The summed E-state index contributed by atoms with van der Waals surface area (Å²) in [4.78, 5) is 37.4. The number of amidine groups is 1. The van der Waals surface area contributed by atoms with E-state index in [-0.39, 0.29) is 34.4 Å². The van der Waals surface area contributed by atoms with E-state index >= 15 is 0 Å². The minimum Gasteiger partial charge on any atom is -0.482 e. The highest BCUT2D eigenvalue weighted by Gasteiger charge is 2.45. The van der Waals surface area contributed by atoms with Gasteiger partial charge in [0.05, 0.1) is 17.1 Å². The number of benzene rings is 2. The predicted molar refractivity (Wildman–Crippen MR) is 128 cm³/mol. The average molecular weight is 501 g/mol. The molecule has 0 fully saturated rings. The highest BCUT2D eigenvalue weighted by Crippen LogP contribution is 2.40. The van der Waals surface area contributed by atoms with E-state index in [1.807, 2.05) is 13.8 Å². The molecule has 0 radical (unpaired) electrons. The van der Waals surface area contributed by atoms with Gasteiger partial charge in [0.2, 0.25) is 0 Å². The number of carbonyl (C=O) groups is 3. The van der Waals surface area contributed by atoms with Crippen LogP contribution in [0.15, 0.2) is 45.7 Å². The molecule has 12 nitrogen and oxygen atoms in total. The molecule has 13 heteroatoms. The van der Waals surface area contributed by atoms with E-state index in [0.717, 1.165) is 0 Å². The van der Waals surface area contributed by atoms with E-state index in [1.54, 1.807) is 24.3 Å². The van der Waals surface area contributed by atoms with E-state index in [9.17, 15) is 22.8 Å². The first kappa shape index (κ1) is 24.2. The Morgan fingerprint density at radius 1 is 1.23 bits per heavy atom. The van der Waals surface area contributed by atoms with Gasteiger partial charge in [-0.15, -0.1) is 4.40 Å². The van der Waals surface area contributed by atoms with Crippen LogP contribution in [0.25, 0.3) is 0 Å². The maximum absolute atomic E-state index is 13.4. The number of hydrogen-bond donors (Lipinski definition) is 4. The third kappa shape index (κ3) is 4.42. The lowest BCUT2D eigenvalue weighted by Gasteiger charge is -2.35. The van der Waals surface area contributed by atoms with Crippen LogP contribution in [0.4, 0.5) is 17.1 Å². The van der Waals surface area contributed by atoms with Crippen LogP contribution in [-0.4, -0.2) is 45.0 Å². The zero-order chi connectivity index (χ0) is 25.5. The van der Waals surface area contributed by atoms with Gasteiger partial charge in [0.15, 0.2) is 18.3 Å². The van der Waals surface area contributed by atoms with Crippen LogP contribution in [0, 0.1) is 11.8 Å². The fraction of sp³-hybridized carbons (Fsp3) is 0.273. The van der Waals surface area contributed by atoms with Crippen molar-refractivity contribution in [2.24, 2.45) is 22.0 Å². The molecule has 0 saturated carbocycles. The average Bonchev–Trinajstić information content (AvgIpc) is 2.77. The van der Waals surface area contributed by atoms with E-state index in [2.05, 4.69) is 15.1 Å². The van der Waals surface area contributed by atoms with E-state index in [4.69, 9.17) is 16.2 Å². The number of nitrogens with one attached hydrogen (secondary N) is 2. The summed E-state index contributed by atoms with van der Waals surface area (Å²) in [7, 11) is -4.44. The highest BCUT2D eigenvalue weighted by atomic mass is 32.2. The minimum absolute atomic E-state index is 0.0140. The summed E-state index contributed by atoms with van der Waals surface area (Å²) >= 11 is 0. The normalized spacial score (nSPS) is 18.4. The standard InChI is InChI=1S/C22H24N6O6S/c1-11(2)9-25-28-14-6-4-3-5-12(14)19(30)17(22(28)31)21-26-13-7-8-15(34-10-16(23)29)18(24)20(13)35(32,33)27-21/h3-8,11,17,25H,9-10,24H2,1-2H3,(H2,23,29)(H,26,27). The van der Waals surface area contributed by atoms with Crippen molar-refractivity contribution >= 4 is 50.5 Å². The molecule has 4 rings (SSSR count). The molecule has 2 amide bonds. The van der Waals surface area contributed by atoms with Gasteiger partial charge >= 0.3 is 0 Å². The Morgan fingerprint density at radius 3 is 2.63 bits per heavy atom. The van der Waals surface area contributed by atoms with Crippen LogP contribution in [0.3, 0.4) is 0 Å². The Bertz CT molecular complexity index is 1370. The van der Waals surface area contributed by atoms with Crippen LogP contribution in [-0.2, 0) is 19.6 Å². The van der Waals surface area contributed by atoms with Crippen LogP contribution in [0.2, 0.25) is 0 Å². The summed E-state index contributed by atoms with van der Waals surface area (Å²) in [5.74, 6) is -3.79. The van der Waals surface area contributed by atoms with Crippen LogP contribution in [0.1, 0.15) is 24.2 Å². The number of nitrogens with two attached hydrogens (primary N) is 2. The van der Waals surface area contributed by atoms with Gasteiger partial charge in [-0.3, -0.25) is 14.4 Å². The Morgan fingerprint density at radius 2 is 1.94 bits per heavy atom. The number of ether oxygens (including phenoxy) is 1. The van der Waals surface area contributed by atoms with Crippen molar-refractivity contribution in [3.63, 3.8) is 0 Å². The lowest BCUT2D eigenvalue weighted by molar-refractivity contribution is -0.121. The fourth-order valence-electron chi connectivity index (χ4n) is 3.76. The largest absolute Gasteiger partial charge is 0.482 e. The third-order valence-corrected chi connectivity index (χ3v) is 6.73. The number of amides is 2. The number of fused-ring (bicyclic) bond motifs is 2. The zero-order valence-electron chi connectivity index (χ0n) is 18.9. The molecule has 2 heterocycles. The van der Waals surface area contributed by atoms with Crippen LogP contribution >= 0.6 is 0 Å². The van der Waals surface area contributed by atoms with E-state index in [1.165, 1.54) is 17.1 Å². The second-order valence-corrected chi connectivity index (χ2v) is 9.97. The summed E-state index contributed by atoms with van der Waals surface area (Å²) in [6.45, 7) is 3.84. The van der Waals surface area contributed by atoms with Crippen molar-refractivity contribution in [3.05, 3.63) is 42.0 Å². The minimum atomic E-state index is -4.44. The number of nitrogens with zero attached hydrogens (tertiary/aromatic N) is 2. The van der Waals surface area contributed by atoms with Crippen molar-refractivity contribution in [3.8, 4) is 5.75 Å². The van der Waals surface area contributed by atoms with Gasteiger partial charge in [-0.2, -0.15) is 8.42 Å². The number of nitrogen functional groups attached to an aromatic ring is 1. The Hall–Kier alpha value is -3.97. The van der Waals surface area contributed by atoms with Crippen molar-refractivity contribution in [1.29, 1.82) is 0 Å². The highest BCUT2D eigenvalue weighted by molar-refractivity contribution is 7.90. The molecule has 184 valence electrons. The third-order valence-electron chi connectivity index (χ3n) is 5.34. The summed E-state index contributed by atoms with van der Waals surface area (Å²) in [6.07, 6.45) is 0. The molecule has 0 aromatic heterocycles. The van der Waals surface area contributed by atoms with Gasteiger partial charge in [-0.25, -0.2) is 10.4 Å². The molecule has 0 spiro atoms. The first-order valence-corrected chi connectivity index (χ1v) is 12.1. The summed E-state index contributed by atoms with van der Waals surface area (Å²) in [5, 5.41) is 4.03. The topological polar surface area (TPSA) is 186 Å². The zero-order valence-corrected chi connectivity index (χ0v) is 19.8. The summed E-state index contributed by atoms with van der Waals surface area (Å²) in [5.41, 5.74) is 14.4. The fourth-order valence-corrected chi connectivity index (χ4v) is 5.04. The number of primary amides is 1. The number of sulfonamides is 1. The second kappa shape index (κ2) is 9.00. The molecule has 0 bridgehead atoms. The Labute approximate surface area is 201 Å². The lowest BCUT2D eigenvalue weighted by atomic mass is 9.90. The maximum Gasteiger partial charge on any atom is 0.288 e. The number of para-hydroxylation sites is 1. The first-order valence-electron chi connectivity index (χ1n) is 10.7.